The molecule has 3 heteroatoms. The maximum Gasteiger partial charge on any atom is 0.148 e. The molecule has 0 aromatic heterocycles. The van der Waals surface area contributed by atoms with Gasteiger partial charge in [-0.1, -0.05) is 48.0 Å². The molecule has 0 saturated heterocycles. The summed E-state index contributed by atoms with van der Waals surface area (Å²) in [4.78, 5) is 0. The van der Waals surface area contributed by atoms with Crippen LogP contribution >= 0.6 is 23.2 Å². The van der Waals surface area contributed by atoms with Gasteiger partial charge in [-0.3, -0.25) is 0 Å². The van der Waals surface area contributed by atoms with Gasteiger partial charge in [0.2, 0.25) is 0 Å². The zero-order chi connectivity index (χ0) is 16.3. The smallest absolute Gasteiger partial charge is 0.112 e. The van der Waals surface area contributed by atoms with Gasteiger partial charge < -0.3 is 0 Å². The number of aryl methyl sites for hydroxylation is 3. The first-order chi connectivity index (χ1) is 10.3. The molecule has 2 rings (SSSR count). The van der Waals surface area contributed by atoms with Crippen molar-refractivity contribution in [1.29, 1.82) is 0 Å². The highest BCUT2D eigenvalue weighted by atomic mass is 35.5. The van der Waals surface area contributed by atoms with Crippen LogP contribution in [0.1, 0.15) is 46.6 Å². The van der Waals surface area contributed by atoms with E-state index in [1.807, 2.05) is 7.85 Å². The number of hydrogen-bond acceptors (Lipinski definition) is 0. The van der Waals surface area contributed by atoms with E-state index in [0.29, 0.717) is 5.92 Å². The number of alkyl halides is 2. The summed E-state index contributed by atoms with van der Waals surface area (Å²) in [6, 6.07) is 15.2. The largest absolute Gasteiger partial charge is 0.148 e. The van der Waals surface area contributed by atoms with Gasteiger partial charge in [0.05, 0.1) is 4.23 Å². The minimum atomic E-state index is -0.681. The second-order valence-corrected chi connectivity index (χ2v) is 8.25. The normalized spacial score (nSPS) is 13.1. The van der Waals surface area contributed by atoms with Crippen molar-refractivity contribution in [2.75, 3.05) is 0 Å². The lowest BCUT2D eigenvalue weighted by Crippen LogP contribution is -2.15. The molecule has 0 nitrogen and oxygen atoms in total. The van der Waals surface area contributed by atoms with E-state index >= 15 is 0 Å². The molecule has 22 heavy (non-hydrogen) atoms. The second-order valence-electron chi connectivity index (χ2n) is 6.38. The number of rotatable bonds is 5. The van der Waals surface area contributed by atoms with Gasteiger partial charge in [0, 0.05) is 5.92 Å². The Bertz CT molecular complexity index is 607. The molecule has 0 aliphatic carbocycles. The second kappa shape index (κ2) is 7.11. The Morgan fingerprint density at radius 2 is 1.55 bits per heavy atom. The van der Waals surface area contributed by atoms with Crippen LogP contribution in [0.2, 0.25) is 0 Å². The number of benzene rings is 2. The van der Waals surface area contributed by atoms with E-state index in [-0.39, 0.29) is 0 Å². The highest BCUT2D eigenvalue weighted by Gasteiger charge is 2.23. The molecule has 2 aromatic carbocycles. The van der Waals surface area contributed by atoms with E-state index in [9.17, 15) is 0 Å². The topological polar surface area (TPSA) is 0 Å². The Morgan fingerprint density at radius 1 is 1.00 bits per heavy atom. The van der Waals surface area contributed by atoms with E-state index in [2.05, 4.69) is 63.2 Å². The molecular weight excluding hydrogens is 310 g/mol. The molecule has 0 N–H and O–H groups in total. The van der Waals surface area contributed by atoms with Gasteiger partial charge in [-0.15, -0.1) is 23.2 Å². The first-order valence-electron chi connectivity index (χ1n) is 7.78. The summed E-state index contributed by atoms with van der Waals surface area (Å²) in [7, 11) is 1.87. The lowest BCUT2D eigenvalue weighted by Gasteiger charge is -2.25. The van der Waals surface area contributed by atoms with Crippen LogP contribution in [-0.2, 0) is 0 Å². The monoisotopic (exact) mass is 332 g/mol. The van der Waals surface area contributed by atoms with E-state index in [1.54, 1.807) is 0 Å². The van der Waals surface area contributed by atoms with Gasteiger partial charge in [0.15, 0.2) is 0 Å². The molecule has 0 amide bonds. The summed E-state index contributed by atoms with van der Waals surface area (Å²) in [6.45, 7) is 6.55. The van der Waals surface area contributed by atoms with E-state index in [4.69, 9.17) is 23.2 Å². The lowest BCUT2D eigenvalue weighted by atomic mass is 9.80. The Kier molecular flexibility index (Phi) is 5.63. The van der Waals surface area contributed by atoms with Crippen molar-refractivity contribution in [3.63, 3.8) is 0 Å². The molecule has 1 unspecified atom stereocenters. The molecule has 2 aromatic rings. The molecule has 0 saturated carbocycles. The van der Waals surface area contributed by atoms with Crippen LogP contribution in [0.5, 0.6) is 0 Å². The zero-order valence-electron chi connectivity index (χ0n) is 13.8. The van der Waals surface area contributed by atoms with Gasteiger partial charge in [-0.2, -0.15) is 0 Å². The van der Waals surface area contributed by atoms with Gasteiger partial charge in [0.1, 0.15) is 7.85 Å². The molecule has 0 aliphatic heterocycles. The van der Waals surface area contributed by atoms with Gasteiger partial charge >= 0.3 is 0 Å². The van der Waals surface area contributed by atoms with Crippen molar-refractivity contribution >= 4 is 31.0 Å². The minimum Gasteiger partial charge on any atom is -0.112 e. The molecule has 0 aliphatic rings. The van der Waals surface area contributed by atoms with Crippen molar-refractivity contribution in [3.8, 4) is 0 Å². The third-order valence-corrected chi connectivity index (χ3v) is 4.54. The first-order valence-corrected chi connectivity index (χ1v) is 8.54. The fraction of sp³-hybridized carbons (Fsp3) is 0.368. The van der Waals surface area contributed by atoms with Crippen LogP contribution in [0, 0.1) is 20.8 Å². The van der Waals surface area contributed by atoms with Crippen LogP contribution < -0.4 is 0 Å². The fourth-order valence-electron chi connectivity index (χ4n) is 3.30. The summed E-state index contributed by atoms with van der Waals surface area (Å²) in [5.41, 5.74) is 6.74. The molecule has 1 atom stereocenters. The molecule has 0 radical (unpaired) electrons. The maximum absolute atomic E-state index is 6.22. The zero-order valence-corrected chi connectivity index (χ0v) is 15.3. The maximum atomic E-state index is 6.22. The highest BCUT2D eigenvalue weighted by molar-refractivity contribution is 6.65. The quantitative estimate of drug-likeness (QED) is 0.515. The molecule has 0 fully saturated rings. The van der Waals surface area contributed by atoms with Crippen molar-refractivity contribution in [2.45, 2.75) is 43.8 Å². The van der Waals surface area contributed by atoms with Crippen molar-refractivity contribution < 1.29 is 0 Å². The minimum absolute atomic E-state index is 0.332. The third-order valence-electron chi connectivity index (χ3n) is 4.16. The Labute approximate surface area is 145 Å². The summed E-state index contributed by atoms with van der Waals surface area (Å²) in [5.74, 6) is 0.332. The number of hydrogen-bond donors (Lipinski definition) is 0. The Hall–Kier alpha value is -0.915. The SMILES string of the molecule is BC(Cl)(Cl)CCC(c1ccccc1)c1c(C)cc(C)cc1C. The predicted molar refractivity (Wildman–Crippen MR) is 101 cm³/mol. The Balaban J connectivity index is 2.45. The van der Waals surface area contributed by atoms with Gasteiger partial charge in [0.25, 0.3) is 0 Å². The molecule has 0 bridgehead atoms. The Morgan fingerprint density at radius 3 is 2.05 bits per heavy atom. The van der Waals surface area contributed by atoms with Crippen LogP contribution in [-0.4, -0.2) is 12.1 Å². The molecule has 0 spiro atoms. The number of halogens is 2. The van der Waals surface area contributed by atoms with Crippen molar-refractivity contribution in [2.24, 2.45) is 0 Å². The highest BCUT2D eigenvalue weighted by Crippen LogP contribution is 2.37. The van der Waals surface area contributed by atoms with E-state index < -0.39 is 4.23 Å². The van der Waals surface area contributed by atoms with Gasteiger partial charge in [-0.25, -0.2) is 0 Å². The molecular formula is C19H23BCl2. The van der Waals surface area contributed by atoms with Crippen molar-refractivity contribution in [3.05, 3.63) is 70.3 Å². The van der Waals surface area contributed by atoms with Crippen molar-refractivity contribution in [1.82, 2.24) is 0 Å². The van der Waals surface area contributed by atoms with E-state index in [0.717, 1.165) is 12.8 Å². The summed E-state index contributed by atoms with van der Waals surface area (Å²) >= 11 is 12.4. The van der Waals surface area contributed by atoms with Gasteiger partial charge in [-0.05, 0) is 55.9 Å². The predicted octanol–water partition coefficient (Wildman–Crippen LogP) is 5.29. The third kappa shape index (κ3) is 4.54. The standard InChI is InChI=1S/C19H23BCl2/c1-13-11-14(2)18(15(3)12-13)17(9-10-19(20,21)22)16-7-5-4-6-8-16/h4-8,11-12,17H,9-10,20H2,1-3H3. The first kappa shape index (κ1) is 17.4. The van der Waals surface area contributed by atoms with Crippen LogP contribution in [0.3, 0.4) is 0 Å². The molecule has 116 valence electrons. The van der Waals surface area contributed by atoms with E-state index in [1.165, 1.54) is 27.8 Å². The summed E-state index contributed by atoms with van der Waals surface area (Å²) in [5, 5.41) is 0. The van der Waals surface area contributed by atoms with Crippen LogP contribution in [0.4, 0.5) is 0 Å². The fourth-order valence-corrected chi connectivity index (χ4v) is 3.52. The summed E-state index contributed by atoms with van der Waals surface area (Å²) < 4.78 is -0.681. The average Bonchev–Trinajstić information content (AvgIpc) is 2.41. The lowest BCUT2D eigenvalue weighted by molar-refractivity contribution is 0.665. The average molecular weight is 333 g/mol. The summed E-state index contributed by atoms with van der Waals surface area (Å²) in [6.07, 6.45) is 1.71. The van der Waals surface area contributed by atoms with Crippen LogP contribution in [0.15, 0.2) is 42.5 Å². The van der Waals surface area contributed by atoms with Crippen LogP contribution in [0.25, 0.3) is 0 Å². The molecule has 0 heterocycles.